The van der Waals surface area contributed by atoms with Crippen LogP contribution < -0.4 is 10.00 Å². The third kappa shape index (κ3) is 8.15. The van der Waals surface area contributed by atoms with Crippen molar-refractivity contribution >= 4 is 39.3 Å². The molecule has 1 aromatic heterocycles. The predicted molar refractivity (Wildman–Crippen MR) is 89.2 cm³/mol. The molecule has 0 unspecified atom stereocenters. The van der Waals surface area contributed by atoms with Gasteiger partial charge in [-0.2, -0.15) is 21.6 Å². The Balaban J connectivity index is 0.000000597. The van der Waals surface area contributed by atoms with E-state index in [1.807, 2.05) is 0 Å². The summed E-state index contributed by atoms with van der Waals surface area (Å²) in [5.74, 6) is 0.402. The Morgan fingerprint density at radius 1 is 1.27 bits per heavy atom. The average Bonchev–Trinajstić information content (AvgIpc) is 2.51. The number of hydrogen-bond donors (Lipinski definition) is 3. The highest BCUT2D eigenvalue weighted by Gasteiger charge is 2.31. The first-order valence-electron chi connectivity index (χ1n) is 6.66. The van der Waals surface area contributed by atoms with Gasteiger partial charge in [0, 0.05) is 29.7 Å². The van der Waals surface area contributed by atoms with Gasteiger partial charge in [0.15, 0.2) is 0 Å². The zero-order chi connectivity index (χ0) is 20.0. The maximum atomic E-state index is 12.7. The molecule has 26 heavy (non-hydrogen) atoms. The largest absolute Gasteiger partial charge is 0.416 e. The van der Waals surface area contributed by atoms with Crippen LogP contribution in [0.5, 0.6) is 0 Å². The van der Waals surface area contributed by atoms with Crippen molar-refractivity contribution in [3.63, 3.8) is 0 Å². The quantitative estimate of drug-likeness (QED) is 0.388. The van der Waals surface area contributed by atoms with E-state index in [-0.39, 0.29) is 5.69 Å². The molecule has 2 rings (SSSR count). The topological polar surface area (TPSA) is 103 Å². The maximum absolute atomic E-state index is 12.7. The zero-order valence-corrected chi connectivity index (χ0v) is 15.1. The lowest BCUT2D eigenvalue weighted by Gasteiger charge is -2.06. The summed E-state index contributed by atoms with van der Waals surface area (Å²) in [6.07, 6.45) is -1.52. The van der Waals surface area contributed by atoms with Crippen LogP contribution in [0.4, 0.5) is 18.9 Å². The van der Waals surface area contributed by atoms with Crippen molar-refractivity contribution in [2.75, 3.05) is 17.7 Å². The molecular formula is C13H13Cl2F3N3O4S+. The molecule has 144 valence electrons. The van der Waals surface area contributed by atoms with Crippen LogP contribution in [0.2, 0.25) is 5.02 Å². The van der Waals surface area contributed by atoms with Crippen LogP contribution >= 0.6 is 23.2 Å². The molecule has 0 spiro atoms. The van der Waals surface area contributed by atoms with Crippen molar-refractivity contribution in [1.29, 1.82) is 0 Å². The fraction of sp³-hybridized carbons (Fsp3) is 0.231. The van der Waals surface area contributed by atoms with Crippen molar-refractivity contribution in [3.8, 4) is 5.69 Å². The second-order valence-electron chi connectivity index (χ2n) is 4.59. The van der Waals surface area contributed by atoms with Crippen LogP contribution in [0, 0.1) is 0 Å². The van der Waals surface area contributed by atoms with Crippen LogP contribution in [-0.2, 0) is 16.6 Å². The second kappa shape index (κ2) is 9.33. The van der Waals surface area contributed by atoms with Gasteiger partial charge in [-0.15, -0.1) is 11.6 Å². The fourth-order valence-electron chi connectivity index (χ4n) is 1.67. The van der Waals surface area contributed by atoms with E-state index in [0.29, 0.717) is 23.1 Å². The summed E-state index contributed by atoms with van der Waals surface area (Å²) in [5.41, 5.74) is 0.103. The minimum absolute atomic E-state index is 0.274. The standard InChI is InChI=1S/C13H10Cl2F3N3.H2O4S/c14-4-5-19-12-7-20-21(8-11(12)15)10-3-1-2-9(6-10)13(16,17)18;1-5(2,3)4/h1-3,6-8H,4-5H2;(H2,1,2,3,4)/p+1. The van der Waals surface area contributed by atoms with Crippen molar-refractivity contribution in [3.05, 3.63) is 47.2 Å². The highest BCUT2D eigenvalue weighted by molar-refractivity contribution is 7.79. The van der Waals surface area contributed by atoms with Gasteiger partial charge < -0.3 is 5.32 Å². The summed E-state index contributed by atoms with van der Waals surface area (Å²) in [4.78, 5) is 0. The van der Waals surface area contributed by atoms with Gasteiger partial charge in [-0.05, 0) is 6.07 Å². The molecule has 0 aliphatic carbocycles. The second-order valence-corrected chi connectivity index (χ2v) is 6.27. The Bertz CT molecular complexity index is 843. The minimum Gasteiger partial charge on any atom is -0.381 e. The minimum atomic E-state index is -4.67. The molecule has 1 heterocycles. The van der Waals surface area contributed by atoms with Crippen molar-refractivity contribution in [1.82, 2.24) is 5.10 Å². The zero-order valence-electron chi connectivity index (χ0n) is 12.8. The van der Waals surface area contributed by atoms with Gasteiger partial charge in [-0.3, -0.25) is 9.11 Å². The molecule has 3 N–H and O–H groups in total. The molecule has 0 amide bonds. The number of benzene rings is 1. The van der Waals surface area contributed by atoms with Gasteiger partial charge in [0.05, 0.1) is 11.3 Å². The molecule has 0 radical (unpaired) electrons. The van der Waals surface area contributed by atoms with E-state index in [2.05, 4.69) is 10.4 Å². The molecule has 0 saturated carbocycles. The van der Waals surface area contributed by atoms with Crippen molar-refractivity contribution in [2.45, 2.75) is 6.18 Å². The lowest BCUT2D eigenvalue weighted by atomic mass is 10.2. The van der Waals surface area contributed by atoms with Crippen LogP contribution in [0.1, 0.15) is 5.56 Å². The van der Waals surface area contributed by atoms with Crippen molar-refractivity contribution in [2.24, 2.45) is 0 Å². The van der Waals surface area contributed by atoms with E-state index in [0.717, 1.165) is 12.1 Å². The number of halogens is 5. The highest BCUT2D eigenvalue weighted by atomic mass is 35.5. The van der Waals surface area contributed by atoms with Gasteiger partial charge in [0.2, 0.25) is 11.9 Å². The number of alkyl halides is 4. The first kappa shape index (κ1) is 22.4. The summed E-state index contributed by atoms with van der Waals surface area (Å²) in [7, 11) is -4.67. The van der Waals surface area contributed by atoms with E-state index < -0.39 is 22.1 Å². The fourth-order valence-corrected chi connectivity index (χ4v) is 1.97. The Morgan fingerprint density at radius 2 is 1.88 bits per heavy atom. The summed E-state index contributed by atoms with van der Waals surface area (Å²) >= 11 is 11.6. The number of hydrogen-bond acceptors (Lipinski definition) is 4. The predicted octanol–water partition coefficient (Wildman–Crippen LogP) is 3.03. The first-order chi connectivity index (χ1) is 11.9. The van der Waals surface area contributed by atoms with Crippen LogP contribution in [-0.4, -0.2) is 35.0 Å². The number of aromatic nitrogens is 2. The van der Waals surface area contributed by atoms with E-state index >= 15 is 0 Å². The number of nitrogens with one attached hydrogen (secondary N) is 1. The molecule has 0 saturated heterocycles. The Labute approximate surface area is 156 Å². The molecule has 0 fully saturated rings. The Kier molecular flexibility index (Phi) is 8.03. The monoisotopic (exact) mass is 434 g/mol. The van der Waals surface area contributed by atoms with Gasteiger partial charge >= 0.3 is 16.6 Å². The van der Waals surface area contributed by atoms with Crippen molar-refractivity contribution < 1.29 is 35.4 Å². The molecule has 0 bridgehead atoms. The molecule has 0 atom stereocenters. The molecule has 13 heteroatoms. The van der Waals surface area contributed by atoms with Crippen LogP contribution in [0.3, 0.4) is 0 Å². The van der Waals surface area contributed by atoms with Gasteiger partial charge in [-0.25, -0.2) is 0 Å². The number of anilines is 1. The van der Waals surface area contributed by atoms with E-state index in [1.165, 1.54) is 29.2 Å². The summed E-state index contributed by atoms with van der Waals surface area (Å²) in [5, 5.41) is 7.34. The number of nitrogens with zero attached hydrogens (tertiary/aromatic N) is 2. The average molecular weight is 435 g/mol. The van der Waals surface area contributed by atoms with Gasteiger partial charge in [0.25, 0.3) is 0 Å². The lowest BCUT2D eigenvalue weighted by Crippen LogP contribution is -2.35. The maximum Gasteiger partial charge on any atom is 0.416 e. The van der Waals surface area contributed by atoms with Gasteiger partial charge in [0.1, 0.15) is 11.2 Å². The third-order valence-electron chi connectivity index (χ3n) is 2.65. The Hall–Kier alpha value is -1.66. The first-order valence-corrected chi connectivity index (χ1v) is 8.97. The third-order valence-corrected chi connectivity index (χ3v) is 3.14. The van der Waals surface area contributed by atoms with E-state index in [4.69, 9.17) is 40.7 Å². The Morgan fingerprint density at radius 3 is 2.38 bits per heavy atom. The lowest BCUT2D eigenvalue weighted by molar-refractivity contribution is -0.659. The molecule has 0 aliphatic heterocycles. The van der Waals surface area contributed by atoms with E-state index in [1.54, 1.807) is 0 Å². The van der Waals surface area contributed by atoms with Gasteiger partial charge in [-0.1, -0.05) is 22.3 Å². The molecule has 0 aliphatic rings. The molecule has 1 aromatic carbocycles. The van der Waals surface area contributed by atoms with Crippen LogP contribution in [0.15, 0.2) is 36.7 Å². The van der Waals surface area contributed by atoms with Crippen LogP contribution in [0.25, 0.3) is 5.69 Å². The SMILES string of the molecule is FC(F)(F)c1cccc(-[n+]2cc(Cl)c(NCCCl)cn2)c1.O=S(=O)(O)O. The summed E-state index contributed by atoms with van der Waals surface area (Å²) in [6.45, 7) is 0.510. The molecule has 2 aromatic rings. The smallest absolute Gasteiger partial charge is 0.381 e. The number of rotatable bonds is 4. The van der Waals surface area contributed by atoms with E-state index in [9.17, 15) is 13.2 Å². The summed E-state index contributed by atoms with van der Waals surface area (Å²) < 4.78 is 70.9. The summed E-state index contributed by atoms with van der Waals surface area (Å²) in [6, 6.07) is 4.85. The molecular weight excluding hydrogens is 422 g/mol. The molecule has 7 nitrogen and oxygen atoms in total. The normalized spacial score (nSPS) is 11.5. The highest BCUT2D eigenvalue weighted by Crippen LogP contribution is 2.29.